The zero-order chi connectivity index (χ0) is 20.4. The molecule has 0 aliphatic carbocycles. The average molecular weight is 413 g/mol. The Bertz CT molecular complexity index is 1080. The van der Waals surface area contributed by atoms with Crippen molar-refractivity contribution in [2.45, 2.75) is 6.92 Å². The van der Waals surface area contributed by atoms with E-state index in [1.165, 1.54) is 12.1 Å². The predicted octanol–water partition coefficient (Wildman–Crippen LogP) is 4.07. The second-order valence-electron chi connectivity index (χ2n) is 6.30. The molecule has 3 aromatic rings. The Hall–Kier alpha value is -3.26. The molecule has 1 aliphatic rings. The fourth-order valence-electron chi connectivity index (χ4n) is 2.80. The number of ketones is 1. The van der Waals surface area contributed by atoms with E-state index >= 15 is 0 Å². The number of aryl methyl sites for hydroxylation is 1. The van der Waals surface area contributed by atoms with Crippen molar-refractivity contribution >= 4 is 23.1 Å². The molecule has 2 aromatic carbocycles. The van der Waals surface area contributed by atoms with Crippen molar-refractivity contribution in [3.8, 4) is 22.1 Å². The van der Waals surface area contributed by atoms with E-state index in [1.54, 1.807) is 37.3 Å². The molecule has 0 saturated heterocycles. The minimum atomic E-state index is -0.626. The van der Waals surface area contributed by atoms with Crippen molar-refractivity contribution in [2.75, 3.05) is 19.8 Å². The Labute approximate surface area is 169 Å². The maximum atomic E-state index is 13.1. The summed E-state index contributed by atoms with van der Waals surface area (Å²) < 4.78 is 29.2. The lowest BCUT2D eigenvalue weighted by molar-refractivity contribution is 0.0478. The first-order valence-electron chi connectivity index (χ1n) is 8.84. The quantitative estimate of drug-likeness (QED) is 0.464. The Balaban J connectivity index is 1.43. The number of Topliss-reactive ketones (excluding diaryl/α,β-unsaturated/α-hetero) is 1. The molecule has 0 unspecified atom stereocenters. The van der Waals surface area contributed by atoms with Crippen LogP contribution in [0.5, 0.6) is 11.5 Å². The van der Waals surface area contributed by atoms with Crippen LogP contribution in [0.4, 0.5) is 4.39 Å². The minimum absolute atomic E-state index is 0.305. The molecule has 0 radical (unpaired) electrons. The third-order valence-electron chi connectivity index (χ3n) is 4.27. The smallest absolute Gasteiger partial charge is 0.350 e. The van der Waals surface area contributed by atoms with E-state index in [0.717, 1.165) is 11.3 Å². The molecule has 0 spiro atoms. The van der Waals surface area contributed by atoms with Gasteiger partial charge in [-0.15, -0.1) is 11.3 Å². The van der Waals surface area contributed by atoms with E-state index < -0.39 is 12.6 Å². The molecule has 0 saturated carbocycles. The number of hydrogen-bond donors (Lipinski definition) is 0. The van der Waals surface area contributed by atoms with Crippen molar-refractivity contribution in [1.29, 1.82) is 0 Å². The van der Waals surface area contributed by atoms with Gasteiger partial charge in [-0.2, -0.15) is 0 Å². The fraction of sp³-hybridized carbons (Fsp3) is 0.190. The molecule has 0 atom stereocenters. The topological polar surface area (TPSA) is 74.7 Å². The van der Waals surface area contributed by atoms with Crippen molar-refractivity contribution in [2.24, 2.45) is 0 Å². The molecule has 4 rings (SSSR count). The lowest BCUT2D eigenvalue weighted by Crippen LogP contribution is -2.17. The highest BCUT2D eigenvalue weighted by Gasteiger charge is 2.20. The molecule has 6 nitrogen and oxygen atoms in total. The van der Waals surface area contributed by atoms with Crippen LogP contribution in [0.3, 0.4) is 0 Å². The number of esters is 1. The van der Waals surface area contributed by atoms with Gasteiger partial charge in [0.05, 0.1) is 5.69 Å². The molecule has 0 bridgehead atoms. The van der Waals surface area contributed by atoms with Crippen molar-refractivity contribution in [3.63, 3.8) is 0 Å². The Morgan fingerprint density at radius 2 is 1.83 bits per heavy atom. The number of carbonyl (C=O) groups excluding carboxylic acids is 2. The van der Waals surface area contributed by atoms with Gasteiger partial charge in [0.15, 0.2) is 23.9 Å². The lowest BCUT2D eigenvalue weighted by Gasteiger charge is -2.18. The Morgan fingerprint density at radius 3 is 2.59 bits per heavy atom. The lowest BCUT2D eigenvalue weighted by atomic mass is 10.1. The third-order valence-corrected chi connectivity index (χ3v) is 5.46. The molecule has 8 heteroatoms. The standard InChI is InChI=1S/C21H16FNO5S/c1-12-19(29-20(23-12)13-2-5-15(22)6-3-13)21(25)28-11-16(24)14-4-7-17-18(10-14)27-9-8-26-17/h2-7,10H,8-9,11H2,1H3. The molecule has 148 valence electrons. The van der Waals surface area contributed by atoms with E-state index in [1.807, 2.05) is 0 Å². The van der Waals surface area contributed by atoms with Gasteiger partial charge in [0.1, 0.15) is 28.9 Å². The Morgan fingerprint density at radius 1 is 1.10 bits per heavy atom. The number of halogens is 1. The average Bonchev–Trinajstić information content (AvgIpc) is 3.13. The van der Waals surface area contributed by atoms with Crippen LogP contribution in [0.2, 0.25) is 0 Å². The molecule has 29 heavy (non-hydrogen) atoms. The second-order valence-corrected chi connectivity index (χ2v) is 7.30. The summed E-state index contributed by atoms with van der Waals surface area (Å²) in [6, 6.07) is 10.7. The van der Waals surface area contributed by atoms with Crippen LogP contribution in [-0.4, -0.2) is 36.6 Å². The number of ether oxygens (including phenoxy) is 3. The number of thiazole rings is 1. The van der Waals surface area contributed by atoms with Crippen LogP contribution in [0, 0.1) is 12.7 Å². The zero-order valence-corrected chi connectivity index (χ0v) is 16.3. The Kier molecular flexibility index (Phi) is 5.26. The molecular formula is C21H16FNO5S. The van der Waals surface area contributed by atoms with Crippen LogP contribution in [0.25, 0.3) is 10.6 Å². The summed E-state index contributed by atoms with van der Waals surface area (Å²) in [5.74, 6) is -0.246. The predicted molar refractivity (Wildman–Crippen MR) is 104 cm³/mol. The molecule has 0 amide bonds. The van der Waals surface area contributed by atoms with E-state index in [4.69, 9.17) is 14.2 Å². The number of rotatable bonds is 5. The highest BCUT2D eigenvalue weighted by atomic mass is 32.1. The maximum Gasteiger partial charge on any atom is 0.350 e. The number of nitrogens with zero attached hydrogens (tertiary/aromatic N) is 1. The van der Waals surface area contributed by atoms with Gasteiger partial charge in [0.2, 0.25) is 0 Å². The summed E-state index contributed by atoms with van der Waals surface area (Å²) in [5.41, 5.74) is 1.56. The molecular weight excluding hydrogens is 397 g/mol. The summed E-state index contributed by atoms with van der Waals surface area (Å²) in [6.45, 7) is 2.16. The van der Waals surface area contributed by atoms with E-state index in [9.17, 15) is 14.0 Å². The van der Waals surface area contributed by atoms with Gasteiger partial charge in [0, 0.05) is 11.1 Å². The van der Waals surface area contributed by atoms with Gasteiger partial charge in [-0.1, -0.05) is 0 Å². The van der Waals surface area contributed by atoms with Gasteiger partial charge in [-0.3, -0.25) is 4.79 Å². The summed E-state index contributed by atoms with van der Waals surface area (Å²) >= 11 is 1.14. The van der Waals surface area contributed by atoms with Crippen LogP contribution in [0.1, 0.15) is 25.7 Å². The first-order valence-corrected chi connectivity index (χ1v) is 9.66. The summed E-state index contributed by atoms with van der Waals surface area (Å²) in [5, 5.41) is 0.576. The van der Waals surface area contributed by atoms with E-state index in [2.05, 4.69) is 4.98 Å². The number of hydrogen-bond acceptors (Lipinski definition) is 7. The van der Waals surface area contributed by atoms with Crippen LogP contribution in [0.15, 0.2) is 42.5 Å². The SMILES string of the molecule is Cc1nc(-c2ccc(F)cc2)sc1C(=O)OCC(=O)c1ccc2c(c1)OCCO2. The fourth-order valence-corrected chi connectivity index (χ4v) is 3.76. The zero-order valence-electron chi connectivity index (χ0n) is 15.4. The van der Waals surface area contributed by atoms with Gasteiger partial charge < -0.3 is 14.2 Å². The van der Waals surface area contributed by atoms with E-state index in [-0.39, 0.29) is 11.6 Å². The van der Waals surface area contributed by atoms with Crippen LogP contribution < -0.4 is 9.47 Å². The highest BCUT2D eigenvalue weighted by Crippen LogP contribution is 2.31. The van der Waals surface area contributed by atoms with Crippen molar-refractivity contribution in [1.82, 2.24) is 4.98 Å². The van der Waals surface area contributed by atoms with Gasteiger partial charge >= 0.3 is 5.97 Å². The molecule has 1 aliphatic heterocycles. The number of aromatic nitrogens is 1. The monoisotopic (exact) mass is 413 g/mol. The largest absolute Gasteiger partial charge is 0.486 e. The number of fused-ring (bicyclic) bond motifs is 1. The molecule has 1 aromatic heterocycles. The van der Waals surface area contributed by atoms with Crippen LogP contribution >= 0.6 is 11.3 Å². The van der Waals surface area contributed by atoms with Crippen LogP contribution in [-0.2, 0) is 4.74 Å². The highest BCUT2D eigenvalue weighted by molar-refractivity contribution is 7.17. The third kappa shape index (κ3) is 4.12. The summed E-state index contributed by atoms with van der Waals surface area (Å²) in [7, 11) is 0. The van der Waals surface area contributed by atoms with Gasteiger partial charge in [-0.25, -0.2) is 14.2 Å². The van der Waals surface area contributed by atoms with Crippen molar-refractivity contribution < 1.29 is 28.2 Å². The molecule has 0 N–H and O–H groups in total. The molecule has 2 heterocycles. The first kappa shape index (κ1) is 19.1. The second kappa shape index (κ2) is 8.00. The summed E-state index contributed by atoms with van der Waals surface area (Å²) in [6.07, 6.45) is 0. The normalized spacial score (nSPS) is 12.5. The van der Waals surface area contributed by atoms with Gasteiger partial charge in [-0.05, 0) is 49.4 Å². The molecule has 0 fully saturated rings. The summed E-state index contributed by atoms with van der Waals surface area (Å²) in [4.78, 5) is 29.5. The van der Waals surface area contributed by atoms with Gasteiger partial charge in [0.25, 0.3) is 0 Å². The minimum Gasteiger partial charge on any atom is -0.486 e. The maximum absolute atomic E-state index is 13.1. The first-order chi connectivity index (χ1) is 14.0. The number of carbonyl (C=O) groups is 2. The number of benzene rings is 2. The van der Waals surface area contributed by atoms with E-state index in [0.29, 0.717) is 51.4 Å². The van der Waals surface area contributed by atoms with Crippen molar-refractivity contribution in [3.05, 3.63) is 64.4 Å².